The molecular weight excluding hydrogens is 254 g/mol. The molecule has 0 unspecified atom stereocenters. The van der Waals surface area contributed by atoms with Crippen LogP contribution in [0.1, 0.15) is 30.1 Å². The zero-order chi connectivity index (χ0) is 14.5. The molecule has 1 atom stereocenters. The van der Waals surface area contributed by atoms with Gasteiger partial charge in [-0.25, -0.2) is 0 Å². The second-order valence-electron chi connectivity index (χ2n) is 5.34. The summed E-state index contributed by atoms with van der Waals surface area (Å²) in [4.78, 5) is 25.5. The number of carbonyl (C=O) groups is 2. The molecule has 0 radical (unpaired) electrons. The summed E-state index contributed by atoms with van der Waals surface area (Å²) in [6.07, 6.45) is 2.12. The summed E-state index contributed by atoms with van der Waals surface area (Å²) in [6, 6.07) is 7.20. The number of rotatable bonds is 3. The molecule has 20 heavy (non-hydrogen) atoms. The molecule has 5 heteroatoms. The Morgan fingerprint density at radius 2 is 2.15 bits per heavy atom. The molecule has 2 rings (SSSR count). The van der Waals surface area contributed by atoms with E-state index in [0.717, 1.165) is 25.9 Å². The number of likely N-dealkylation sites (tertiary alicyclic amines) is 1. The number of anilines is 1. The average molecular weight is 275 g/mol. The van der Waals surface area contributed by atoms with Crippen molar-refractivity contribution >= 4 is 17.5 Å². The van der Waals surface area contributed by atoms with Crippen LogP contribution < -0.4 is 10.6 Å². The Bertz CT molecular complexity index is 502. The number of amides is 2. The summed E-state index contributed by atoms with van der Waals surface area (Å²) in [6.45, 7) is 3.42. The molecule has 108 valence electrons. The van der Waals surface area contributed by atoms with Crippen molar-refractivity contribution in [2.45, 2.75) is 25.8 Å². The van der Waals surface area contributed by atoms with Gasteiger partial charge < -0.3 is 15.5 Å². The second-order valence-corrected chi connectivity index (χ2v) is 5.34. The molecule has 1 saturated heterocycles. The molecule has 0 spiro atoms. The molecule has 1 aliphatic rings. The maximum Gasteiger partial charge on any atom is 0.251 e. The zero-order valence-electron chi connectivity index (χ0n) is 12.0. The summed E-state index contributed by atoms with van der Waals surface area (Å²) in [5.74, 6) is -0.228. The fourth-order valence-corrected chi connectivity index (χ4v) is 2.49. The molecule has 2 N–H and O–H groups in total. The lowest BCUT2D eigenvalue weighted by Crippen LogP contribution is -2.46. The van der Waals surface area contributed by atoms with Crippen molar-refractivity contribution in [3.8, 4) is 0 Å². The van der Waals surface area contributed by atoms with E-state index in [1.807, 2.05) is 0 Å². The molecule has 5 nitrogen and oxygen atoms in total. The molecule has 0 saturated carbocycles. The number of nitrogens with one attached hydrogen (secondary N) is 2. The predicted octanol–water partition coefficient (Wildman–Crippen LogP) is 1.47. The fourth-order valence-electron chi connectivity index (χ4n) is 2.49. The van der Waals surface area contributed by atoms with Gasteiger partial charge in [-0.1, -0.05) is 6.07 Å². The predicted molar refractivity (Wildman–Crippen MR) is 78.7 cm³/mol. The van der Waals surface area contributed by atoms with Crippen LogP contribution in [0.5, 0.6) is 0 Å². The van der Waals surface area contributed by atoms with Crippen molar-refractivity contribution in [3.05, 3.63) is 29.8 Å². The van der Waals surface area contributed by atoms with Crippen LogP contribution in [0.2, 0.25) is 0 Å². The molecule has 1 heterocycles. The van der Waals surface area contributed by atoms with Crippen molar-refractivity contribution in [2.24, 2.45) is 0 Å². The van der Waals surface area contributed by atoms with Crippen LogP contribution in [-0.2, 0) is 4.79 Å². The highest BCUT2D eigenvalue weighted by atomic mass is 16.2. The first-order valence-corrected chi connectivity index (χ1v) is 6.91. The van der Waals surface area contributed by atoms with E-state index in [1.54, 1.807) is 24.3 Å². The van der Waals surface area contributed by atoms with Gasteiger partial charge >= 0.3 is 0 Å². The summed E-state index contributed by atoms with van der Waals surface area (Å²) >= 11 is 0. The van der Waals surface area contributed by atoms with E-state index in [2.05, 4.69) is 22.6 Å². The van der Waals surface area contributed by atoms with Gasteiger partial charge in [0.1, 0.15) is 0 Å². The largest absolute Gasteiger partial charge is 0.348 e. The first-order valence-electron chi connectivity index (χ1n) is 6.91. The van der Waals surface area contributed by atoms with Crippen LogP contribution in [0.25, 0.3) is 0 Å². The van der Waals surface area contributed by atoms with Crippen molar-refractivity contribution in [1.29, 1.82) is 0 Å². The van der Waals surface area contributed by atoms with Crippen LogP contribution in [-0.4, -0.2) is 42.9 Å². The number of likely N-dealkylation sites (N-methyl/N-ethyl adjacent to an activating group) is 1. The maximum absolute atomic E-state index is 12.2. The number of nitrogens with zero attached hydrogens (tertiary/aromatic N) is 1. The Labute approximate surface area is 119 Å². The smallest absolute Gasteiger partial charge is 0.251 e. The molecule has 2 amide bonds. The molecule has 1 fully saturated rings. The minimum Gasteiger partial charge on any atom is -0.348 e. The quantitative estimate of drug-likeness (QED) is 0.878. The minimum absolute atomic E-state index is 0.0856. The number of benzene rings is 1. The lowest BCUT2D eigenvalue weighted by molar-refractivity contribution is -0.114. The highest BCUT2D eigenvalue weighted by Crippen LogP contribution is 2.12. The SMILES string of the molecule is CC(=O)Nc1cccc(C(=O)N[C@@H]2CCCN(C)C2)c1. The van der Waals surface area contributed by atoms with Gasteiger partial charge in [0.2, 0.25) is 5.91 Å². The maximum atomic E-state index is 12.2. The Morgan fingerprint density at radius 3 is 2.85 bits per heavy atom. The van der Waals surface area contributed by atoms with E-state index in [-0.39, 0.29) is 17.9 Å². The number of piperidine rings is 1. The number of hydrogen-bond donors (Lipinski definition) is 2. The number of hydrogen-bond acceptors (Lipinski definition) is 3. The molecule has 1 aliphatic heterocycles. The summed E-state index contributed by atoms with van der Waals surface area (Å²) in [5, 5.41) is 5.74. The van der Waals surface area contributed by atoms with Gasteiger partial charge in [-0.2, -0.15) is 0 Å². The third kappa shape index (κ3) is 4.06. The topological polar surface area (TPSA) is 61.4 Å². The van der Waals surface area contributed by atoms with E-state index < -0.39 is 0 Å². The van der Waals surface area contributed by atoms with Crippen LogP contribution >= 0.6 is 0 Å². The van der Waals surface area contributed by atoms with Gasteiger partial charge in [-0.15, -0.1) is 0 Å². The highest BCUT2D eigenvalue weighted by Gasteiger charge is 2.19. The third-order valence-electron chi connectivity index (χ3n) is 3.40. The van der Waals surface area contributed by atoms with E-state index >= 15 is 0 Å². The lowest BCUT2D eigenvalue weighted by Gasteiger charge is -2.30. The van der Waals surface area contributed by atoms with E-state index in [4.69, 9.17) is 0 Å². The molecule has 1 aromatic carbocycles. The van der Waals surface area contributed by atoms with Crippen LogP contribution in [0.3, 0.4) is 0 Å². The van der Waals surface area contributed by atoms with Crippen LogP contribution in [0.4, 0.5) is 5.69 Å². The van der Waals surface area contributed by atoms with Gasteiger partial charge in [-0.3, -0.25) is 9.59 Å². The Hall–Kier alpha value is -1.88. The molecule has 0 aliphatic carbocycles. The molecular formula is C15H21N3O2. The van der Waals surface area contributed by atoms with Crippen molar-refractivity contribution < 1.29 is 9.59 Å². The summed E-state index contributed by atoms with van der Waals surface area (Å²) in [5.41, 5.74) is 1.22. The fraction of sp³-hybridized carbons (Fsp3) is 0.467. The highest BCUT2D eigenvalue weighted by molar-refractivity contribution is 5.96. The first-order chi connectivity index (χ1) is 9.54. The average Bonchev–Trinajstić information content (AvgIpc) is 2.38. The third-order valence-corrected chi connectivity index (χ3v) is 3.40. The molecule has 0 aromatic heterocycles. The second kappa shape index (κ2) is 6.52. The van der Waals surface area contributed by atoms with Gasteiger partial charge in [0.25, 0.3) is 5.91 Å². The van der Waals surface area contributed by atoms with Gasteiger partial charge in [0, 0.05) is 30.8 Å². The Kier molecular flexibility index (Phi) is 4.74. The van der Waals surface area contributed by atoms with Crippen molar-refractivity contribution in [3.63, 3.8) is 0 Å². The van der Waals surface area contributed by atoms with E-state index in [1.165, 1.54) is 6.92 Å². The standard InChI is InChI=1S/C15H21N3O2/c1-11(19)16-13-6-3-5-12(9-13)15(20)17-14-7-4-8-18(2)10-14/h3,5-6,9,14H,4,7-8,10H2,1-2H3,(H,16,19)(H,17,20)/t14-/m1/s1. The van der Waals surface area contributed by atoms with Crippen molar-refractivity contribution in [1.82, 2.24) is 10.2 Å². The summed E-state index contributed by atoms with van der Waals surface area (Å²) in [7, 11) is 2.07. The molecule has 1 aromatic rings. The number of carbonyl (C=O) groups excluding carboxylic acids is 2. The normalized spacial score (nSPS) is 19.4. The van der Waals surface area contributed by atoms with Gasteiger partial charge in [0.15, 0.2) is 0 Å². The van der Waals surface area contributed by atoms with E-state index in [0.29, 0.717) is 11.3 Å². The van der Waals surface area contributed by atoms with Crippen LogP contribution in [0.15, 0.2) is 24.3 Å². The Morgan fingerprint density at radius 1 is 1.35 bits per heavy atom. The molecule has 0 bridgehead atoms. The minimum atomic E-state index is -0.142. The van der Waals surface area contributed by atoms with Gasteiger partial charge in [-0.05, 0) is 44.6 Å². The lowest BCUT2D eigenvalue weighted by atomic mass is 10.1. The summed E-state index contributed by atoms with van der Waals surface area (Å²) < 4.78 is 0. The van der Waals surface area contributed by atoms with Crippen molar-refractivity contribution in [2.75, 3.05) is 25.5 Å². The van der Waals surface area contributed by atoms with E-state index in [9.17, 15) is 9.59 Å². The monoisotopic (exact) mass is 275 g/mol. The first kappa shape index (κ1) is 14.5. The van der Waals surface area contributed by atoms with Gasteiger partial charge in [0.05, 0.1) is 0 Å². The van der Waals surface area contributed by atoms with Crippen LogP contribution in [0, 0.1) is 0 Å². The zero-order valence-corrected chi connectivity index (χ0v) is 12.0. The Balaban J connectivity index is 1.99.